The highest BCUT2D eigenvalue weighted by atomic mass is 19.1. The predicted octanol–water partition coefficient (Wildman–Crippen LogP) is 2.29. The molecule has 0 aliphatic carbocycles. The number of anilines is 2. The molecule has 3 heterocycles. The summed E-state index contributed by atoms with van der Waals surface area (Å²) in [4.78, 5) is 21.0. The molecule has 0 saturated carbocycles. The Balaban J connectivity index is 1.48. The molecule has 10 heteroatoms. The summed E-state index contributed by atoms with van der Waals surface area (Å²) in [5.74, 6) is 0.368. The van der Waals surface area contributed by atoms with Crippen molar-refractivity contribution in [2.24, 2.45) is 5.73 Å². The third kappa shape index (κ3) is 4.22. The first-order valence-electron chi connectivity index (χ1n) is 9.68. The summed E-state index contributed by atoms with van der Waals surface area (Å²) in [7, 11) is 0. The van der Waals surface area contributed by atoms with Crippen LogP contribution in [0.1, 0.15) is 41.8 Å². The Labute approximate surface area is 172 Å². The molecule has 1 fully saturated rings. The van der Waals surface area contributed by atoms with Crippen LogP contribution in [0.2, 0.25) is 0 Å². The van der Waals surface area contributed by atoms with Crippen molar-refractivity contribution in [2.75, 3.05) is 16.8 Å². The van der Waals surface area contributed by atoms with E-state index in [2.05, 4.69) is 25.5 Å². The second-order valence-corrected chi connectivity index (χ2v) is 7.18. The van der Waals surface area contributed by atoms with Gasteiger partial charge in [0.2, 0.25) is 23.5 Å². The van der Waals surface area contributed by atoms with Gasteiger partial charge >= 0.3 is 0 Å². The summed E-state index contributed by atoms with van der Waals surface area (Å²) in [5, 5.41) is 11.0. The molecule has 1 unspecified atom stereocenters. The van der Waals surface area contributed by atoms with Gasteiger partial charge in [-0.15, -0.1) is 10.2 Å². The van der Waals surface area contributed by atoms with Gasteiger partial charge < -0.3 is 20.4 Å². The summed E-state index contributed by atoms with van der Waals surface area (Å²) in [6, 6.07) is 7.16. The number of aromatic nitrogens is 4. The minimum absolute atomic E-state index is 0.119. The van der Waals surface area contributed by atoms with E-state index < -0.39 is 5.82 Å². The Morgan fingerprint density at radius 1 is 1.27 bits per heavy atom. The molecule has 1 aliphatic rings. The number of rotatable bonds is 7. The molecule has 1 aliphatic heterocycles. The summed E-state index contributed by atoms with van der Waals surface area (Å²) in [6.07, 6.45) is 3.18. The zero-order valence-corrected chi connectivity index (χ0v) is 16.5. The average Bonchev–Trinajstić information content (AvgIpc) is 3.37. The fourth-order valence-electron chi connectivity index (χ4n) is 3.57. The number of primary amides is 1. The first-order valence-corrected chi connectivity index (χ1v) is 9.68. The molecule has 1 aromatic carbocycles. The molecule has 3 N–H and O–H groups in total. The smallest absolute Gasteiger partial charge is 0.238 e. The maximum Gasteiger partial charge on any atom is 0.238 e. The van der Waals surface area contributed by atoms with E-state index in [1.165, 1.54) is 6.33 Å². The number of halogens is 1. The first kappa shape index (κ1) is 19.7. The third-order valence-corrected chi connectivity index (χ3v) is 4.98. The minimum Gasteiger partial charge on any atom is -0.423 e. The summed E-state index contributed by atoms with van der Waals surface area (Å²) >= 11 is 0. The second-order valence-electron chi connectivity index (χ2n) is 7.18. The van der Waals surface area contributed by atoms with Crippen LogP contribution in [-0.4, -0.2) is 32.6 Å². The van der Waals surface area contributed by atoms with Crippen LogP contribution < -0.4 is 16.0 Å². The van der Waals surface area contributed by atoms with Crippen LogP contribution >= 0.6 is 0 Å². The second kappa shape index (κ2) is 8.44. The largest absolute Gasteiger partial charge is 0.423 e. The van der Waals surface area contributed by atoms with Crippen molar-refractivity contribution in [1.82, 2.24) is 20.2 Å². The molecule has 0 radical (unpaired) electrons. The first-order chi connectivity index (χ1) is 14.5. The van der Waals surface area contributed by atoms with Gasteiger partial charge in [-0.1, -0.05) is 24.3 Å². The number of carbonyl (C=O) groups excluding carboxylic acids is 1. The van der Waals surface area contributed by atoms with Gasteiger partial charge in [-0.25, -0.2) is 9.97 Å². The van der Waals surface area contributed by atoms with Gasteiger partial charge in [0.1, 0.15) is 12.4 Å². The lowest BCUT2D eigenvalue weighted by atomic mass is 10.1. The van der Waals surface area contributed by atoms with Crippen molar-refractivity contribution >= 4 is 17.5 Å². The molecule has 30 heavy (non-hydrogen) atoms. The van der Waals surface area contributed by atoms with E-state index in [9.17, 15) is 4.79 Å². The lowest BCUT2D eigenvalue weighted by Crippen LogP contribution is -2.25. The topological polar surface area (TPSA) is 123 Å². The number of hydrogen-bond donors (Lipinski definition) is 2. The van der Waals surface area contributed by atoms with Crippen LogP contribution in [-0.2, 0) is 17.8 Å². The maximum absolute atomic E-state index is 15.2. The lowest BCUT2D eigenvalue weighted by Gasteiger charge is -2.23. The lowest BCUT2D eigenvalue weighted by molar-refractivity contribution is -0.117. The molecule has 2 aromatic heterocycles. The van der Waals surface area contributed by atoms with E-state index in [1.807, 2.05) is 29.2 Å². The van der Waals surface area contributed by atoms with Gasteiger partial charge in [0, 0.05) is 20.0 Å². The summed E-state index contributed by atoms with van der Waals surface area (Å²) in [6.45, 7) is 2.74. The molecule has 0 spiro atoms. The van der Waals surface area contributed by atoms with E-state index in [0.29, 0.717) is 24.9 Å². The molecule has 9 nitrogen and oxygen atoms in total. The molecule has 3 aromatic rings. The highest BCUT2D eigenvalue weighted by Gasteiger charge is 2.33. The minimum atomic E-state index is -0.522. The molecule has 0 bridgehead atoms. The number of nitrogens with zero attached hydrogens (tertiary/aromatic N) is 5. The number of carbonyl (C=O) groups is 1. The molecular formula is C20H22FN7O2. The summed E-state index contributed by atoms with van der Waals surface area (Å²) in [5.41, 5.74) is 6.95. The maximum atomic E-state index is 15.2. The van der Waals surface area contributed by atoms with Crippen LogP contribution in [0.4, 0.5) is 16.0 Å². The zero-order valence-electron chi connectivity index (χ0n) is 16.5. The zero-order chi connectivity index (χ0) is 21.1. The van der Waals surface area contributed by atoms with Crippen LogP contribution in [0.25, 0.3) is 0 Å². The van der Waals surface area contributed by atoms with Gasteiger partial charge in [0.15, 0.2) is 11.6 Å². The highest BCUT2D eigenvalue weighted by molar-refractivity contribution is 5.76. The predicted molar refractivity (Wildman–Crippen MR) is 107 cm³/mol. The highest BCUT2D eigenvalue weighted by Crippen LogP contribution is 2.36. The molecule has 1 amide bonds. The molecule has 1 atom stereocenters. The molecular weight excluding hydrogens is 389 g/mol. The number of amides is 1. The molecule has 1 saturated heterocycles. The number of hydrogen-bond acceptors (Lipinski definition) is 8. The number of benzene rings is 1. The van der Waals surface area contributed by atoms with Crippen molar-refractivity contribution in [3.63, 3.8) is 0 Å². The van der Waals surface area contributed by atoms with Crippen LogP contribution in [0.3, 0.4) is 0 Å². The van der Waals surface area contributed by atoms with E-state index >= 15 is 4.39 Å². The van der Waals surface area contributed by atoms with E-state index in [4.69, 9.17) is 10.2 Å². The van der Waals surface area contributed by atoms with E-state index in [-0.39, 0.29) is 30.0 Å². The van der Waals surface area contributed by atoms with Crippen molar-refractivity contribution in [3.05, 3.63) is 59.3 Å². The Kier molecular flexibility index (Phi) is 5.55. The van der Waals surface area contributed by atoms with Gasteiger partial charge in [0.05, 0.1) is 6.42 Å². The normalized spacial score (nSPS) is 16.1. The van der Waals surface area contributed by atoms with Crippen LogP contribution in [0.15, 0.2) is 35.0 Å². The van der Waals surface area contributed by atoms with Crippen molar-refractivity contribution in [1.29, 1.82) is 0 Å². The van der Waals surface area contributed by atoms with Crippen LogP contribution in [0.5, 0.6) is 0 Å². The Morgan fingerprint density at radius 2 is 2.03 bits per heavy atom. The van der Waals surface area contributed by atoms with Gasteiger partial charge in [-0.2, -0.15) is 4.39 Å². The van der Waals surface area contributed by atoms with E-state index in [0.717, 1.165) is 24.0 Å². The molecule has 156 valence electrons. The van der Waals surface area contributed by atoms with Gasteiger partial charge in [-0.3, -0.25) is 4.79 Å². The monoisotopic (exact) mass is 411 g/mol. The number of aryl methyl sites for hydroxylation is 1. The van der Waals surface area contributed by atoms with Crippen molar-refractivity contribution in [2.45, 2.75) is 38.8 Å². The van der Waals surface area contributed by atoms with E-state index in [1.54, 1.807) is 6.92 Å². The Hall–Kier alpha value is -3.56. The van der Waals surface area contributed by atoms with Gasteiger partial charge in [-0.05, 0) is 24.0 Å². The van der Waals surface area contributed by atoms with Gasteiger partial charge in [0.25, 0.3) is 0 Å². The van der Waals surface area contributed by atoms with Crippen molar-refractivity contribution in [3.8, 4) is 0 Å². The summed E-state index contributed by atoms with van der Waals surface area (Å²) < 4.78 is 20.7. The SMILES string of the molecule is Cc1nnc(C2CCCN2c2ncnc(NCc3ccc(CC(N)=O)cc3)c2F)o1. The Morgan fingerprint density at radius 3 is 2.73 bits per heavy atom. The number of nitrogens with two attached hydrogens (primary N) is 1. The van der Waals surface area contributed by atoms with Crippen molar-refractivity contribution < 1.29 is 13.6 Å². The number of nitrogens with one attached hydrogen (secondary N) is 1. The Bertz CT molecular complexity index is 1040. The average molecular weight is 411 g/mol. The standard InChI is InChI=1S/C20H22FN7O2/c1-12-26-27-20(30-12)15-3-2-8-28(15)19-17(21)18(24-11-25-19)23-10-14-6-4-13(5-7-14)9-16(22)29/h4-7,11,15H,2-3,8-10H2,1H3,(H2,22,29)(H,23,24,25). The third-order valence-electron chi connectivity index (χ3n) is 4.98. The fraction of sp³-hybridized carbons (Fsp3) is 0.350. The fourth-order valence-corrected chi connectivity index (χ4v) is 3.57. The molecule has 4 rings (SSSR count). The quantitative estimate of drug-likeness (QED) is 0.607. The van der Waals surface area contributed by atoms with Crippen LogP contribution in [0, 0.1) is 12.7 Å².